The molecule has 1 aromatic carbocycles. The van der Waals surface area contributed by atoms with Gasteiger partial charge in [-0.05, 0) is 30.7 Å². The molecule has 0 radical (unpaired) electrons. The summed E-state index contributed by atoms with van der Waals surface area (Å²) in [4.78, 5) is 20.8. The molecule has 1 rings (SSSR count). The fourth-order valence-electron chi connectivity index (χ4n) is 1.05. The van der Waals surface area contributed by atoms with Gasteiger partial charge in [0.2, 0.25) is 5.83 Å². The van der Waals surface area contributed by atoms with Crippen LogP contribution >= 0.6 is 0 Å². The summed E-state index contributed by atoms with van der Waals surface area (Å²) in [6.07, 6.45) is 0.998. The van der Waals surface area contributed by atoms with Gasteiger partial charge in [0.15, 0.2) is 0 Å². The first-order chi connectivity index (χ1) is 8.04. The number of esters is 1. The van der Waals surface area contributed by atoms with Crippen molar-refractivity contribution >= 4 is 11.7 Å². The van der Waals surface area contributed by atoms with Crippen LogP contribution in [0.4, 0.5) is 10.1 Å². The Bertz CT molecular complexity index is 453. The van der Waals surface area contributed by atoms with Crippen molar-refractivity contribution in [3.05, 3.63) is 51.8 Å². The van der Waals surface area contributed by atoms with Crippen LogP contribution in [0, 0.1) is 10.1 Å². The number of nitro groups is 1. The van der Waals surface area contributed by atoms with Gasteiger partial charge in [-0.3, -0.25) is 10.1 Å². The van der Waals surface area contributed by atoms with E-state index in [4.69, 9.17) is 0 Å². The molecule has 0 spiro atoms. The van der Waals surface area contributed by atoms with E-state index in [1.807, 2.05) is 0 Å². The van der Waals surface area contributed by atoms with Crippen molar-refractivity contribution in [3.8, 4) is 0 Å². The number of halogens is 1. The summed E-state index contributed by atoms with van der Waals surface area (Å²) in [6, 6.07) is 5.46. The molecule has 17 heavy (non-hydrogen) atoms. The number of allylic oxidation sites excluding steroid dienone is 1. The minimum Gasteiger partial charge on any atom is -0.456 e. The summed E-state index contributed by atoms with van der Waals surface area (Å²) in [6.45, 7) is 1.25. The van der Waals surface area contributed by atoms with E-state index < -0.39 is 16.7 Å². The van der Waals surface area contributed by atoms with Crippen LogP contribution in [0.3, 0.4) is 0 Å². The average molecular weight is 239 g/mol. The molecule has 0 aliphatic rings. The Morgan fingerprint density at radius 2 is 2.06 bits per heavy atom. The largest absolute Gasteiger partial charge is 0.456 e. The first-order valence-corrected chi connectivity index (χ1v) is 4.77. The molecule has 0 N–H and O–H groups in total. The summed E-state index contributed by atoms with van der Waals surface area (Å²) in [5.74, 6) is -2.02. The summed E-state index contributed by atoms with van der Waals surface area (Å²) in [5.41, 5.74) is 0.493. The highest BCUT2D eigenvalue weighted by molar-refractivity contribution is 5.85. The van der Waals surface area contributed by atoms with E-state index in [1.54, 1.807) is 0 Å². The van der Waals surface area contributed by atoms with E-state index in [-0.39, 0.29) is 12.3 Å². The zero-order chi connectivity index (χ0) is 12.8. The van der Waals surface area contributed by atoms with Crippen molar-refractivity contribution < 1.29 is 18.8 Å². The van der Waals surface area contributed by atoms with Gasteiger partial charge in [-0.15, -0.1) is 0 Å². The van der Waals surface area contributed by atoms with Gasteiger partial charge in [0.05, 0.1) is 4.92 Å². The predicted molar refractivity (Wildman–Crippen MR) is 57.8 cm³/mol. The predicted octanol–water partition coefficient (Wildman–Crippen LogP) is 2.51. The molecule has 5 nitrogen and oxygen atoms in total. The fourth-order valence-corrected chi connectivity index (χ4v) is 1.05. The molecule has 0 saturated carbocycles. The molecule has 0 atom stereocenters. The van der Waals surface area contributed by atoms with Crippen LogP contribution < -0.4 is 0 Å². The summed E-state index contributed by atoms with van der Waals surface area (Å²) >= 11 is 0. The molecule has 0 bridgehead atoms. The minimum absolute atomic E-state index is 0.0558. The maximum absolute atomic E-state index is 12.7. The standard InChI is InChI=1S/C11H10FNO4/c1-2-10(12)11(14)17-7-8-3-5-9(6-4-8)13(15)16/h2-6H,7H2,1H3. The number of nitrogens with zero attached hydrogens (tertiary/aromatic N) is 1. The number of hydrogen-bond acceptors (Lipinski definition) is 4. The van der Waals surface area contributed by atoms with Crippen LogP contribution in [-0.4, -0.2) is 10.9 Å². The van der Waals surface area contributed by atoms with E-state index in [2.05, 4.69) is 4.74 Å². The van der Waals surface area contributed by atoms with Crippen molar-refractivity contribution in [2.24, 2.45) is 0 Å². The Hall–Kier alpha value is -2.24. The monoisotopic (exact) mass is 239 g/mol. The van der Waals surface area contributed by atoms with E-state index >= 15 is 0 Å². The Kier molecular flexibility index (Phi) is 4.33. The molecule has 0 unspecified atom stereocenters. The van der Waals surface area contributed by atoms with Gasteiger partial charge in [0, 0.05) is 12.1 Å². The van der Waals surface area contributed by atoms with Crippen LogP contribution in [0.25, 0.3) is 0 Å². The summed E-state index contributed by atoms with van der Waals surface area (Å²) in [7, 11) is 0. The van der Waals surface area contributed by atoms with Crippen LogP contribution in [0.2, 0.25) is 0 Å². The van der Waals surface area contributed by atoms with Crippen LogP contribution in [-0.2, 0) is 16.1 Å². The van der Waals surface area contributed by atoms with Crippen molar-refractivity contribution in [2.75, 3.05) is 0 Å². The van der Waals surface area contributed by atoms with E-state index in [9.17, 15) is 19.3 Å². The van der Waals surface area contributed by atoms with E-state index in [0.717, 1.165) is 6.08 Å². The lowest BCUT2D eigenvalue weighted by Gasteiger charge is -2.02. The number of hydrogen-bond donors (Lipinski definition) is 0. The molecule has 1 aromatic rings. The first kappa shape index (κ1) is 12.8. The molecular formula is C11H10FNO4. The highest BCUT2D eigenvalue weighted by Crippen LogP contribution is 2.13. The van der Waals surface area contributed by atoms with Gasteiger partial charge in [0.25, 0.3) is 5.69 Å². The third kappa shape index (κ3) is 3.67. The first-order valence-electron chi connectivity index (χ1n) is 4.77. The molecule has 0 heterocycles. The number of non-ortho nitro benzene ring substituents is 1. The summed E-state index contributed by atoms with van der Waals surface area (Å²) in [5, 5.41) is 10.4. The summed E-state index contributed by atoms with van der Waals surface area (Å²) < 4.78 is 17.3. The van der Waals surface area contributed by atoms with Crippen LogP contribution in [0.5, 0.6) is 0 Å². The van der Waals surface area contributed by atoms with Crippen LogP contribution in [0.1, 0.15) is 12.5 Å². The van der Waals surface area contributed by atoms with Gasteiger partial charge in [-0.1, -0.05) is 0 Å². The fraction of sp³-hybridized carbons (Fsp3) is 0.182. The lowest BCUT2D eigenvalue weighted by Crippen LogP contribution is -2.04. The third-order valence-electron chi connectivity index (χ3n) is 1.97. The Morgan fingerprint density at radius 1 is 1.47 bits per heavy atom. The van der Waals surface area contributed by atoms with Crippen molar-refractivity contribution in [2.45, 2.75) is 13.5 Å². The zero-order valence-electron chi connectivity index (χ0n) is 9.05. The SMILES string of the molecule is CC=C(F)C(=O)OCc1ccc([N+](=O)[O-])cc1. The Morgan fingerprint density at radius 3 is 2.53 bits per heavy atom. The van der Waals surface area contributed by atoms with Crippen molar-refractivity contribution in [3.63, 3.8) is 0 Å². The van der Waals surface area contributed by atoms with Gasteiger partial charge >= 0.3 is 5.97 Å². The maximum atomic E-state index is 12.7. The second-order valence-electron chi connectivity index (χ2n) is 3.14. The second kappa shape index (κ2) is 5.74. The third-order valence-corrected chi connectivity index (χ3v) is 1.97. The normalized spacial score (nSPS) is 11.1. The van der Waals surface area contributed by atoms with Gasteiger partial charge < -0.3 is 4.74 Å². The maximum Gasteiger partial charge on any atom is 0.367 e. The molecule has 0 aromatic heterocycles. The number of benzene rings is 1. The lowest BCUT2D eigenvalue weighted by molar-refractivity contribution is -0.384. The van der Waals surface area contributed by atoms with Crippen LogP contribution in [0.15, 0.2) is 36.2 Å². The molecule has 0 aliphatic heterocycles. The Labute approximate surface area is 96.7 Å². The average Bonchev–Trinajstić information content (AvgIpc) is 2.35. The molecule has 0 fully saturated rings. The zero-order valence-corrected chi connectivity index (χ0v) is 9.05. The second-order valence-corrected chi connectivity index (χ2v) is 3.14. The van der Waals surface area contributed by atoms with Crippen molar-refractivity contribution in [1.82, 2.24) is 0 Å². The molecular weight excluding hydrogens is 229 g/mol. The molecule has 0 saturated heterocycles. The highest BCUT2D eigenvalue weighted by Gasteiger charge is 2.09. The number of ether oxygens (including phenoxy) is 1. The Balaban J connectivity index is 2.59. The number of nitro benzene ring substituents is 1. The smallest absolute Gasteiger partial charge is 0.367 e. The molecule has 6 heteroatoms. The molecule has 0 aliphatic carbocycles. The van der Waals surface area contributed by atoms with Gasteiger partial charge in [-0.2, -0.15) is 4.39 Å². The topological polar surface area (TPSA) is 69.4 Å². The molecule has 90 valence electrons. The van der Waals surface area contributed by atoms with E-state index in [0.29, 0.717) is 5.56 Å². The highest BCUT2D eigenvalue weighted by atomic mass is 19.1. The lowest BCUT2D eigenvalue weighted by atomic mass is 10.2. The minimum atomic E-state index is -1.05. The quantitative estimate of drug-likeness (QED) is 0.350. The van der Waals surface area contributed by atoms with E-state index in [1.165, 1.54) is 31.2 Å². The molecule has 0 amide bonds. The van der Waals surface area contributed by atoms with Gasteiger partial charge in [0.1, 0.15) is 6.61 Å². The number of carbonyl (C=O) groups is 1. The van der Waals surface area contributed by atoms with Gasteiger partial charge in [-0.25, -0.2) is 4.79 Å². The number of rotatable bonds is 4. The van der Waals surface area contributed by atoms with Crippen molar-refractivity contribution in [1.29, 1.82) is 0 Å². The number of carbonyl (C=O) groups excluding carboxylic acids is 1.